The van der Waals surface area contributed by atoms with Crippen LogP contribution in [0.4, 0.5) is 0 Å². The summed E-state index contributed by atoms with van der Waals surface area (Å²) in [5.74, 6) is 0.720. The molecular weight excluding hydrogens is 230 g/mol. The number of esters is 1. The lowest BCUT2D eigenvalue weighted by molar-refractivity contribution is -0.146. The van der Waals surface area contributed by atoms with Crippen LogP contribution < -0.4 is 0 Å². The summed E-state index contributed by atoms with van der Waals surface area (Å²) >= 11 is 0. The first-order valence-electron chi connectivity index (χ1n) is 6.99. The number of aliphatic hydroxyl groups excluding tert-OH is 1. The largest absolute Gasteiger partial charge is 0.464 e. The van der Waals surface area contributed by atoms with E-state index in [1.165, 1.54) is 0 Å². The Morgan fingerprint density at radius 1 is 1.33 bits per heavy atom. The Morgan fingerprint density at radius 2 is 1.94 bits per heavy atom. The molecule has 0 heterocycles. The van der Waals surface area contributed by atoms with Crippen molar-refractivity contribution < 1.29 is 14.6 Å². The lowest BCUT2D eigenvalue weighted by Gasteiger charge is -2.33. The van der Waals surface area contributed by atoms with Gasteiger partial charge in [-0.25, -0.2) is 0 Å². The van der Waals surface area contributed by atoms with E-state index < -0.39 is 0 Å². The number of carbonyl (C=O) groups excluding carboxylic acids is 1. The fourth-order valence-corrected chi connectivity index (χ4v) is 2.41. The lowest BCUT2D eigenvalue weighted by atomic mass is 9.86. The Labute approximate surface area is 110 Å². The Hall–Kier alpha value is -0.610. The Bertz CT molecular complexity index is 247. The highest BCUT2D eigenvalue weighted by molar-refractivity contribution is 5.71. The minimum atomic E-state index is -0.129. The van der Waals surface area contributed by atoms with Crippen molar-refractivity contribution >= 4 is 5.97 Å². The quantitative estimate of drug-likeness (QED) is 0.735. The minimum absolute atomic E-state index is 0.129. The summed E-state index contributed by atoms with van der Waals surface area (Å²) in [5, 5.41) is 9.10. The summed E-state index contributed by atoms with van der Waals surface area (Å²) in [5.41, 5.74) is 0. The van der Waals surface area contributed by atoms with E-state index in [9.17, 15) is 4.79 Å². The SMILES string of the molecule is CC(C)COC(=O)CN(C)C1CCC(CO)CC1. The number of hydrogen-bond acceptors (Lipinski definition) is 4. The van der Waals surface area contributed by atoms with Gasteiger partial charge in [0.2, 0.25) is 0 Å². The van der Waals surface area contributed by atoms with Gasteiger partial charge in [0.25, 0.3) is 0 Å². The van der Waals surface area contributed by atoms with Crippen molar-refractivity contribution in [2.75, 3.05) is 26.8 Å². The van der Waals surface area contributed by atoms with Gasteiger partial charge in [-0.3, -0.25) is 9.69 Å². The topological polar surface area (TPSA) is 49.8 Å². The van der Waals surface area contributed by atoms with E-state index in [2.05, 4.69) is 4.90 Å². The summed E-state index contributed by atoms with van der Waals surface area (Å²) in [4.78, 5) is 13.7. The number of nitrogens with zero attached hydrogens (tertiary/aromatic N) is 1. The number of hydrogen-bond donors (Lipinski definition) is 1. The predicted octanol–water partition coefficient (Wildman–Crippen LogP) is 1.67. The van der Waals surface area contributed by atoms with E-state index in [1.807, 2.05) is 20.9 Å². The summed E-state index contributed by atoms with van der Waals surface area (Å²) < 4.78 is 5.19. The third kappa shape index (κ3) is 5.36. The van der Waals surface area contributed by atoms with Crippen LogP contribution in [0.25, 0.3) is 0 Å². The predicted molar refractivity (Wildman–Crippen MR) is 71.3 cm³/mol. The van der Waals surface area contributed by atoms with Crippen LogP contribution in [0.1, 0.15) is 39.5 Å². The molecule has 0 saturated heterocycles. The third-order valence-electron chi connectivity index (χ3n) is 3.65. The van der Waals surface area contributed by atoms with Crippen LogP contribution in [0.15, 0.2) is 0 Å². The van der Waals surface area contributed by atoms with Crippen LogP contribution in [0.3, 0.4) is 0 Å². The van der Waals surface area contributed by atoms with Gasteiger partial charge in [-0.2, -0.15) is 0 Å². The van der Waals surface area contributed by atoms with E-state index in [-0.39, 0.29) is 5.97 Å². The van der Waals surface area contributed by atoms with Crippen LogP contribution in [0.5, 0.6) is 0 Å². The van der Waals surface area contributed by atoms with Gasteiger partial charge in [0, 0.05) is 12.6 Å². The Balaban J connectivity index is 2.24. The van der Waals surface area contributed by atoms with E-state index in [4.69, 9.17) is 9.84 Å². The molecule has 0 unspecified atom stereocenters. The van der Waals surface area contributed by atoms with Gasteiger partial charge >= 0.3 is 5.97 Å². The molecule has 18 heavy (non-hydrogen) atoms. The number of aliphatic hydroxyl groups is 1. The molecule has 0 bridgehead atoms. The maximum absolute atomic E-state index is 11.6. The molecule has 0 aromatic carbocycles. The van der Waals surface area contributed by atoms with E-state index >= 15 is 0 Å². The highest BCUT2D eigenvalue weighted by Gasteiger charge is 2.24. The molecule has 0 aromatic rings. The molecule has 1 N–H and O–H groups in total. The van der Waals surface area contributed by atoms with Crippen LogP contribution in [-0.2, 0) is 9.53 Å². The van der Waals surface area contributed by atoms with Crippen LogP contribution in [-0.4, -0.2) is 48.8 Å². The zero-order valence-electron chi connectivity index (χ0n) is 11.9. The van der Waals surface area contributed by atoms with Crippen molar-refractivity contribution in [1.29, 1.82) is 0 Å². The molecule has 1 fully saturated rings. The molecule has 0 aliphatic heterocycles. The first-order chi connectivity index (χ1) is 8.52. The van der Waals surface area contributed by atoms with Gasteiger partial charge < -0.3 is 9.84 Å². The third-order valence-corrected chi connectivity index (χ3v) is 3.65. The summed E-state index contributed by atoms with van der Waals surface area (Å²) in [6, 6.07) is 0.458. The van der Waals surface area contributed by atoms with Gasteiger partial charge in [0.15, 0.2) is 0 Å². The zero-order valence-corrected chi connectivity index (χ0v) is 11.9. The van der Waals surface area contributed by atoms with E-state index in [1.54, 1.807) is 0 Å². The monoisotopic (exact) mass is 257 g/mol. The van der Waals surface area contributed by atoms with Gasteiger partial charge in [0.1, 0.15) is 0 Å². The van der Waals surface area contributed by atoms with Gasteiger partial charge in [0.05, 0.1) is 13.2 Å². The molecule has 1 rings (SSSR count). The molecule has 1 aliphatic carbocycles. The summed E-state index contributed by atoms with van der Waals surface area (Å²) in [7, 11) is 1.99. The Morgan fingerprint density at radius 3 is 2.44 bits per heavy atom. The normalized spacial score (nSPS) is 24.6. The molecular formula is C14H27NO3. The second-order valence-electron chi connectivity index (χ2n) is 5.85. The molecule has 0 amide bonds. The molecule has 1 saturated carbocycles. The number of ether oxygens (including phenoxy) is 1. The molecule has 1 aliphatic rings. The van der Waals surface area contributed by atoms with Crippen molar-refractivity contribution in [3.05, 3.63) is 0 Å². The van der Waals surface area contributed by atoms with Crippen molar-refractivity contribution in [2.24, 2.45) is 11.8 Å². The molecule has 0 radical (unpaired) electrons. The summed E-state index contributed by atoms with van der Waals surface area (Å²) in [6.07, 6.45) is 4.26. The minimum Gasteiger partial charge on any atom is -0.464 e. The van der Waals surface area contributed by atoms with Gasteiger partial charge in [-0.1, -0.05) is 13.8 Å². The van der Waals surface area contributed by atoms with Crippen molar-refractivity contribution in [1.82, 2.24) is 4.90 Å². The van der Waals surface area contributed by atoms with E-state index in [0.717, 1.165) is 25.7 Å². The second-order valence-corrected chi connectivity index (χ2v) is 5.85. The molecule has 0 atom stereocenters. The number of rotatable bonds is 6. The molecule has 4 nitrogen and oxygen atoms in total. The molecule has 0 aromatic heterocycles. The molecule has 4 heteroatoms. The highest BCUT2D eigenvalue weighted by atomic mass is 16.5. The fraction of sp³-hybridized carbons (Fsp3) is 0.929. The lowest BCUT2D eigenvalue weighted by Crippen LogP contribution is -2.39. The van der Waals surface area contributed by atoms with Crippen molar-refractivity contribution in [3.8, 4) is 0 Å². The highest BCUT2D eigenvalue weighted by Crippen LogP contribution is 2.26. The van der Waals surface area contributed by atoms with Crippen molar-refractivity contribution in [2.45, 2.75) is 45.6 Å². The standard InChI is InChI=1S/C14H27NO3/c1-11(2)10-18-14(17)8-15(3)13-6-4-12(9-16)5-7-13/h11-13,16H,4-10H2,1-3H3. The summed E-state index contributed by atoms with van der Waals surface area (Å²) in [6.45, 7) is 5.25. The Kier molecular flexibility index (Phi) is 6.65. The van der Waals surface area contributed by atoms with Gasteiger partial charge in [-0.05, 0) is 44.6 Å². The fourth-order valence-electron chi connectivity index (χ4n) is 2.41. The first-order valence-corrected chi connectivity index (χ1v) is 6.99. The van der Waals surface area contributed by atoms with Gasteiger partial charge in [-0.15, -0.1) is 0 Å². The number of carbonyl (C=O) groups is 1. The maximum atomic E-state index is 11.6. The average Bonchev–Trinajstić information content (AvgIpc) is 2.36. The van der Waals surface area contributed by atoms with Crippen LogP contribution in [0, 0.1) is 11.8 Å². The zero-order chi connectivity index (χ0) is 13.5. The van der Waals surface area contributed by atoms with Crippen LogP contribution in [0.2, 0.25) is 0 Å². The molecule has 0 spiro atoms. The van der Waals surface area contributed by atoms with Crippen LogP contribution >= 0.6 is 0 Å². The maximum Gasteiger partial charge on any atom is 0.320 e. The average molecular weight is 257 g/mol. The van der Waals surface area contributed by atoms with E-state index in [0.29, 0.717) is 37.6 Å². The molecule has 106 valence electrons. The first kappa shape index (κ1) is 15.4. The second kappa shape index (κ2) is 7.74. The number of likely N-dealkylation sites (N-methyl/N-ethyl adjacent to an activating group) is 1. The van der Waals surface area contributed by atoms with Crippen molar-refractivity contribution in [3.63, 3.8) is 0 Å². The smallest absolute Gasteiger partial charge is 0.320 e.